The van der Waals surface area contributed by atoms with Gasteiger partial charge in [0, 0.05) is 15.8 Å². The molecule has 5 nitrogen and oxygen atoms in total. The Labute approximate surface area is 142 Å². The van der Waals surface area contributed by atoms with E-state index >= 15 is 0 Å². The van der Waals surface area contributed by atoms with Crippen molar-refractivity contribution in [2.24, 2.45) is 0 Å². The topological polar surface area (TPSA) is 74.6 Å². The number of thiophene rings is 1. The molecule has 0 spiro atoms. The molecule has 2 aromatic heterocycles. The highest BCUT2D eigenvalue weighted by molar-refractivity contribution is 7.17. The Bertz CT molecular complexity index is 1040. The molecule has 1 N–H and O–H groups in total. The summed E-state index contributed by atoms with van der Waals surface area (Å²) in [4.78, 5) is 0. The maximum atomic E-state index is 9.06. The molecule has 2 aromatic carbocycles. The summed E-state index contributed by atoms with van der Waals surface area (Å²) in [6.45, 7) is 0.497. The first-order valence-corrected chi connectivity index (χ1v) is 8.22. The summed E-state index contributed by atoms with van der Waals surface area (Å²) in [6.07, 6.45) is 0. The van der Waals surface area contributed by atoms with Gasteiger partial charge in [-0.05, 0) is 29.0 Å². The number of ether oxygens (including phenoxy) is 1. The Morgan fingerprint density at radius 1 is 1.12 bits per heavy atom. The zero-order valence-electron chi connectivity index (χ0n) is 12.6. The molecular weight excluding hydrogens is 320 g/mol. The summed E-state index contributed by atoms with van der Waals surface area (Å²) in [6, 6.07) is 17.8. The number of hydrogen-bond donors (Lipinski definition) is 1. The maximum absolute atomic E-state index is 9.06. The quantitative estimate of drug-likeness (QED) is 0.609. The molecule has 2 heterocycles. The molecule has 0 bridgehead atoms. The summed E-state index contributed by atoms with van der Waals surface area (Å²) in [5.41, 5.74) is 2.77. The number of hydrogen-bond acceptors (Lipinski definition) is 5. The molecule has 0 amide bonds. The number of nitrogens with zero attached hydrogens (tertiary/aromatic N) is 3. The summed E-state index contributed by atoms with van der Waals surface area (Å²) >= 11 is 1.72. The molecule has 0 unspecified atom stereocenters. The second kappa shape index (κ2) is 6.14. The molecule has 0 saturated carbocycles. The van der Waals surface area contributed by atoms with Crippen LogP contribution in [0.5, 0.6) is 5.75 Å². The average Bonchev–Trinajstić information content (AvgIpc) is 3.27. The highest BCUT2D eigenvalue weighted by Gasteiger charge is 2.11. The lowest BCUT2D eigenvalue weighted by Crippen LogP contribution is -1.94. The zero-order valence-corrected chi connectivity index (χ0v) is 13.4. The molecule has 0 aliphatic rings. The van der Waals surface area contributed by atoms with Crippen LogP contribution in [0.15, 0.2) is 53.9 Å². The highest BCUT2D eigenvalue weighted by Crippen LogP contribution is 2.28. The van der Waals surface area contributed by atoms with E-state index in [2.05, 4.69) is 32.9 Å². The van der Waals surface area contributed by atoms with Gasteiger partial charge in [-0.2, -0.15) is 15.6 Å². The highest BCUT2D eigenvalue weighted by atomic mass is 32.1. The molecular formula is C18H12N4OS. The average molecular weight is 332 g/mol. The van der Waals surface area contributed by atoms with Crippen LogP contribution in [0.1, 0.15) is 11.3 Å². The lowest BCUT2D eigenvalue weighted by Gasteiger charge is -2.07. The van der Waals surface area contributed by atoms with Gasteiger partial charge in [0.2, 0.25) is 0 Å². The molecule has 0 aliphatic heterocycles. The fourth-order valence-corrected chi connectivity index (χ4v) is 3.50. The van der Waals surface area contributed by atoms with Crippen LogP contribution in [0.3, 0.4) is 0 Å². The van der Waals surface area contributed by atoms with E-state index in [1.165, 1.54) is 15.6 Å². The van der Waals surface area contributed by atoms with E-state index in [1.54, 1.807) is 11.3 Å². The molecule has 0 atom stereocenters. The van der Waals surface area contributed by atoms with Crippen molar-refractivity contribution in [3.05, 3.63) is 65.2 Å². The van der Waals surface area contributed by atoms with E-state index in [0.29, 0.717) is 12.3 Å². The fraction of sp³-hybridized carbons (Fsp3) is 0.0556. The van der Waals surface area contributed by atoms with Crippen LogP contribution in [-0.4, -0.2) is 15.4 Å². The smallest absolute Gasteiger partial charge is 0.190 e. The minimum atomic E-state index is 0.274. The van der Waals surface area contributed by atoms with Gasteiger partial charge in [0.1, 0.15) is 24.1 Å². The number of benzene rings is 2. The SMILES string of the molecule is N#Cc1n[nH]nc1-c1cccc(OCc2csc3ccccc23)c1. The van der Waals surface area contributed by atoms with Crippen LogP contribution in [0, 0.1) is 11.3 Å². The van der Waals surface area contributed by atoms with Crippen molar-refractivity contribution in [2.45, 2.75) is 6.61 Å². The van der Waals surface area contributed by atoms with Gasteiger partial charge in [0.15, 0.2) is 5.69 Å². The Morgan fingerprint density at radius 3 is 2.96 bits per heavy atom. The molecule has 4 aromatic rings. The van der Waals surface area contributed by atoms with Gasteiger partial charge in [-0.3, -0.25) is 0 Å². The van der Waals surface area contributed by atoms with Crippen molar-refractivity contribution < 1.29 is 4.74 Å². The van der Waals surface area contributed by atoms with Crippen LogP contribution in [0.25, 0.3) is 21.3 Å². The first-order valence-electron chi connectivity index (χ1n) is 7.34. The normalized spacial score (nSPS) is 10.6. The lowest BCUT2D eigenvalue weighted by atomic mass is 10.1. The van der Waals surface area contributed by atoms with E-state index in [9.17, 15) is 0 Å². The number of nitriles is 1. The second-order valence-electron chi connectivity index (χ2n) is 5.21. The molecule has 6 heteroatoms. The monoisotopic (exact) mass is 332 g/mol. The molecule has 4 rings (SSSR count). The third-order valence-electron chi connectivity index (χ3n) is 3.72. The number of nitrogens with one attached hydrogen (secondary N) is 1. The van der Waals surface area contributed by atoms with E-state index in [1.807, 2.05) is 42.5 Å². The minimum Gasteiger partial charge on any atom is -0.489 e. The molecule has 24 heavy (non-hydrogen) atoms. The Morgan fingerprint density at radius 2 is 2.04 bits per heavy atom. The number of fused-ring (bicyclic) bond motifs is 1. The van der Waals surface area contributed by atoms with Gasteiger partial charge in [-0.15, -0.1) is 16.4 Å². The first kappa shape index (κ1) is 14.4. The third kappa shape index (κ3) is 2.62. The van der Waals surface area contributed by atoms with Crippen molar-refractivity contribution in [1.29, 1.82) is 5.26 Å². The first-order chi connectivity index (χ1) is 11.8. The van der Waals surface area contributed by atoms with Crippen molar-refractivity contribution in [2.75, 3.05) is 0 Å². The zero-order chi connectivity index (χ0) is 16.4. The van der Waals surface area contributed by atoms with Gasteiger partial charge >= 0.3 is 0 Å². The van der Waals surface area contributed by atoms with Crippen molar-refractivity contribution in [1.82, 2.24) is 15.4 Å². The maximum Gasteiger partial charge on any atom is 0.190 e. The molecule has 0 aliphatic carbocycles. The number of aromatic nitrogens is 3. The van der Waals surface area contributed by atoms with Crippen LogP contribution in [0.2, 0.25) is 0 Å². The number of H-pyrrole nitrogens is 1. The largest absolute Gasteiger partial charge is 0.489 e. The Kier molecular flexibility index (Phi) is 3.69. The molecule has 0 fully saturated rings. The standard InChI is InChI=1S/C18H12N4OS/c19-9-16-18(21-22-20-16)12-4-3-5-14(8-12)23-10-13-11-24-17-7-2-1-6-15(13)17/h1-8,11H,10H2,(H,20,21,22). The Balaban J connectivity index is 1.58. The summed E-state index contributed by atoms with van der Waals surface area (Å²) in [7, 11) is 0. The van der Waals surface area contributed by atoms with Gasteiger partial charge < -0.3 is 4.74 Å². The lowest BCUT2D eigenvalue weighted by molar-refractivity contribution is 0.308. The minimum absolute atomic E-state index is 0.274. The predicted molar refractivity (Wildman–Crippen MR) is 92.7 cm³/mol. The van der Waals surface area contributed by atoms with Crippen LogP contribution < -0.4 is 4.74 Å². The van der Waals surface area contributed by atoms with E-state index in [4.69, 9.17) is 10.00 Å². The van der Waals surface area contributed by atoms with Crippen LogP contribution in [-0.2, 0) is 6.61 Å². The molecule has 0 radical (unpaired) electrons. The van der Waals surface area contributed by atoms with Crippen molar-refractivity contribution in [3.8, 4) is 23.1 Å². The number of rotatable bonds is 4. The van der Waals surface area contributed by atoms with E-state index < -0.39 is 0 Å². The third-order valence-corrected chi connectivity index (χ3v) is 4.73. The summed E-state index contributed by atoms with van der Waals surface area (Å²) in [5.74, 6) is 0.731. The van der Waals surface area contributed by atoms with Gasteiger partial charge in [0.25, 0.3) is 0 Å². The predicted octanol–water partition coefficient (Wildman–Crippen LogP) is 4.14. The van der Waals surface area contributed by atoms with E-state index in [-0.39, 0.29) is 5.69 Å². The van der Waals surface area contributed by atoms with Crippen LogP contribution in [0.4, 0.5) is 0 Å². The van der Waals surface area contributed by atoms with Crippen LogP contribution >= 0.6 is 11.3 Å². The van der Waals surface area contributed by atoms with Gasteiger partial charge in [-0.25, -0.2) is 0 Å². The van der Waals surface area contributed by atoms with Gasteiger partial charge in [0.05, 0.1) is 0 Å². The summed E-state index contributed by atoms with van der Waals surface area (Å²) < 4.78 is 7.19. The fourth-order valence-electron chi connectivity index (χ4n) is 2.55. The number of aromatic amines is 1. The molecule has 0 saturated heterocycles. The van der Waals surface area contributed by atoms with Crippen molar-refractivity contribution in [3.63, 3.8) is 0 Å². The van der Waals surface area contributed by atoms with E-state index in [0.717, 1.165) is 11.3 Å². The second-order valence-corrected chi connectivity index (χ2v) is 6.12. The summed E-state index contributed by atoms with van der Waals surface area (Å²) in [5, 5.41) is 22.8. The molecule has 116 valence electrons. The van der Waals surface area contributed by atoms with Crippen molar-refractivity contribution >= 4 is 21.4 Å². The Hall–Kier alpha value is -3.17. The van der Waals surface area contributed by atoms with Gasteiger partial charge in [-0.1, -0.05) is 30.3 Å².